The van der Waals surface area contributed by atoms with Gasteiger partial charge in [0.05, 0.1) is 24.8 Å². The minimum Gasteiger partial charge on any atom is -0.350 e. The third kappa shape index (κ3) is 5.40. The molecule has 3 rings (SSSR count). The number of aryl methyl sites for hydroxylation is 1. The fourth-order valence-electron chi connectivity index (χ4n) is 2.70. The Bertz CT molecular complexity index is 1190. The van der Waals surface area contributed by atoms with E-state index in [0.29, 0.717) is 5.82 Å². The number of nitro groups is 1. The maximum atomic E-state index is 12.2. The molecule has 2 heterocycles. The maximum Gasteiger partial charge on any atom is 0.316 e. The van der Waals surface area contributed by atoms with E-state index in [1.165, 1.54) is 12.1 Å². The van der Waals surface area contributed by atoms with E-state index in [1.54, 1.807) is 4.68 Å². The first-order valence-corrected chi connectivity index (χ1v) is 10.7. The molecule has 0 saturated heterocycles. The van der Waals surface area contributed by atoms with Crippen LogP contribution in [0.25, 0.3) is 0 Å². The Morgan fingerprint density at radius 1 is 1.25 bits per heavy atom. The lowest BCUT2D eigenvalue weighted by atomic mass is 10.2. The van der Waals surface area contributed by atoms with E-state index >= 15 is 0 Å². The molecule has 0 spiro atoms. The number of aromatic nitrogens is 4. The molecule has 0 saturated carbocycles. The molecular formula is C18H17ClIN7O5. The Morgan fingerprint density at radius 3 is 2.53 bits per heavy atom. The summed E-state index contributed by atoms with van der Waals surface area (Å²) >= 11 is 8.13. The molecule has 168 valence electrons. The minimum atomic E-state index is -0.607. The predicted molar refractivity (Wildman–Crippen MR) is 121 cm³/mol. The van der Waals surface area contributed by atoms with Crippen LogP contribution in [-0.4, -0.2) is 49.7 Å². The van der Waals surface area contributed by atoms with Crippen molar-refractivity contribution < 1.29 is 19.0 Å². The van der Waals surface area contributed by atoms with Crippen molar-refractivity contribution in [1.29, 1.82) is 0 Å². The van der Waals surface area contributed by atoms with Crippen LogP contribution in [-0.2, 0) is 6.54 Å². The first-order chi connectivity index (χ1) is 15.2. The van der Waals surface area contributed by atoms with Gasteiger partial charge in [-0.3, -0.25) is 24.4 Å². The second-order valence-corrected chi connectivity index (χ2v) is 8.08. The summed E-state index contributed by atoms with van der Waals surface area (Å²) in [4.78, 5) is 38.5. The Balaban J connectivity index is 1.49. The maximum absolute atomic E-state index is 12.2. The second-order valence-electron chi connectivity index (χ2n) is 6.59. The molecule has 0 aliphatic carbocycles. The number of benzene rings is 1. The van der Waals surface area contributed by atoms with Gasteiger partial charge in [-0.1, -0.05) is 16.8 Å². The largest absolute Gasteiger partial charge is 0.350 e. The van der Waals surface area contributed by atoms with Gasteiger partial charge in [0.1, 0.15) is 6.54 Å². The molecule has 0 unspecified atom stereocenters. The highest BCUT2D eigenvalue weighted by Gasteiger charge is 2.18. The third-order valence-electron chi connectivity index (χ3n) is 4.35. The minimum absolute atomic E-state index is 0.0450. The fraction of sp³-hybridized carbons (Fsp3) is 0.278. The molecule has 2 N–H and O–H groups in total. The van der Waals surface area contributed by atoms with E-state index in [1.807, 2.05) is 13.8 Å². The van der Waals surface area contributed by atoms with Gasteiger partial charge >= 0.3 is 11.8 Å². The van der Waals surface area contributed by atoms with Crippen molar-refractivity contribution in [2.24, 2.45) is 0 Å². The molecule has 0 aliphatic rings. The van der Waals surface area contributed by atoms with Crippen molar-refractivity contribution >= 4 is 51.7 Å². The number of non-ortho nitro benzene ring substituents is 1. The fourth-order valence-corrected chi connectivity index (χ4v) is 3.34. The van der Waals surface area contributed by atoms with E-state index in [2.05, 4.69) is 48.5 Å². The number of carbonyl (C=O) groups excluding carboxylic acids is 2. The topological polar surface area (TPSA) is 158 Å². The number of carbonyl (C=O) groups is 2. The zero-order valence-corrected chi connectivity index (χ0v) is 19.8. The summed E-state index contributed by atoms with van der Waals surface area (Å²) in [6.45, 7) is 4.26. The number of nitro benzene ring substituents is 1. The standard InChI is InChI=1S/C18H17ClIN7O5/c1-9-15(20)10(2)26(24-9)8-14-23-18(32-25-14)17(29)22-6-5-21-16(28)12-4-3-11(27(30)31)7-13(12)19/h3-4,7H,5-6,8H2,1-2H3,(H,21,28)(H,22,29). The van der Waals surface area contributed by atoms with Gasteiger partial charge in [0.15, 0.2) is 5.82 Å². The van der Waals surface area contributed by atoms with Crippen LogP contribution in [0.15, 0.2) is 22.7 Å². The highest BCUT2D eigenvalue weighted by Crippen LogP contribution is 2.22. The average Bonchev–Trinajstić information content (AvgIpc) is 3.31. The van der Waals surface area contributed by atoms with Crippen molar-refractivity contribution in [3.63, 3.8) is 0 Å². The van der Waals surface area contributed by atoms with Crippen molar-refractivity contribution in [3.05, 3.63) is 65.6 Å². The van der Waals surface area contributed by atoms with Crippen LogP contribution in [0.4, 0.5) is 5.69 Å². The summed E-state index contributed by atoms with van der Waals surface area (Å²) in [5.41, 5.74) is 1.72. The molecule has 2 amide bonds. The van der Waals surface area contributed by atoms with Crippen molar-refractivity contribution in [1.82, 2.24) is 30.6 Å². The lowest BCUT2D eigenvalue weighted by molar-refractivity contribution is -0.384. The number of hydrogen-bond acceptors (Lipinski definition) is 8. The van der Waals surface area contributed by atoms with Crippen LogP contribution in [0.2, 0.25) is 5.02 Å². The molecule has 1 aromatic carbocycles. The van der Waals surface area contributed by atoms with Gasteiger partial charge in [0.25, 0.3) is 11.6 Å². The SMILES string of the molecule is Cc1nn(Cc2noc(C(=O)NCCNC(=O)c3ccc([N+](=O)[O-])cc3Cl)n2)c(C)c1I. The molecule has 0 fully saturated rings. The van der Waals surface area contributed by atoms with Gasteiger partial charge in [-0.15, -0.1) is 0 Å². The molecule has 3 aromatic rings. The summed E-state index contributed by atoms with van der Waals surface area (Å²) in [6.07, 6.45) is 0. The lowest BCUT2D eigenvalue weighted by Crippen LogP contribution is -2.35. The number of nitrogens with zero attached hydrogens (tertiary/aromatic N) is 5. The van der Waals surface area contributed by atoms with Gasteiger partial charge in [-0.25, -0.2) is 0 Å². The molecule has 0 atom stereocenters. The monoisotopic (exact) mass is 573 g/mol. The van der Waals surface area contributed by atoms with E-state index in [4.69, 9.17) is 16.1 Å². The van der Waals surface area contributed by atoms with Crippen LogP contribution in [0.1, 0.15) is 38.3 Å². The summed E-state index contributed by atoms with van der Waals surface area (Å²) in [5, 5.41) is 24.0. The first kappa shape index (κ1) is 23.6. The zero-order chi connectivity index (χ0) is 23.4. The molecule has 12 nitrogen and oxygen atoms in total. The van der Waals surface area contributed by atoms with Gasteiger partial charge in [0, 0.05) is 30.9 Å². The van der Waals surface area contributed by atoms with Crippen LogP contribution in [0.3, 0.4) is 0 Å². The van der Waals surface area contributed by atoms with Crippen LogP contribution in [0.5, 0.6) is 0 Å². The Hall–Kier alpha value is -3.07. The molecule has 2 aromatic heterocycles. The highest BCUT2D eigenvalue weighted by molar-refractivity contribution is 14.1. The van der Waals surface area contributed by atoms with Crippen molar-refractivity contribution in [2.45, 2.75) is 20.4 Å². The molecule has 0 radical (unpaired) electrons. The smallest absolute Gasteiger partial charge is 0.316 e. The summed E-state index contributed by atoms with van der Waals surface area (Å²) in [5.74, 6) is -1.02. The number of nitrogens with one attached hydrogen (secondary N) is 2. The van der Waals surface area contributed by atoms with E-state index in [-0.39, 0.29) is 41.8 Å². The lowest BCUT2D eigenvalue weighted by Gasteiger charge is -2.07. The van der Waals surface area contributed by atoms with Crippen LogP contribution < -0.4 is 10.6 Å². The summed E-state index contributed by atoms with van der Waals surface area (Å²) < 4.78 is 7.76. The second kappa shape index (κ2) is 10.0. The zero-order valence-electron chi connectivity index (χ0n) is 16.9. The van der Waals surface area contributed by atoms with Crippen molar-refractivity contribution in [3.8, 4) is 0 Å². The van der Waals surface area contributed by atoms with Gasteiger partial charge in [0.2, 0.25) is 0 Å². The molecular weight excluding hydrogens is 557 g/mol. The van der Waals surface area contributed by atoms with E-state index < -0.39 is 16.7 Å². The van der Waals surface area contributed by atoms with Gasteiger partial charge in [-0.05, 0) is 42.5 Å². The summed E-state index contributed by atoms with van der Waals surface area (Å²) in [6, 6.07) is 3.54. The van der Waals surface area contributed by atoms with Crippen LogP contribution in [0, 0.1) is 27.5 Å². The molecule has 32 heavy (non-hydrogen) atoms. The van der Waals surface area contributed by atoms with Gasteiger partial charge in [-0.2, -0.15) is 10.1 Å². The normalized spacial score (nSPS) is 10.8. The molecule has 0 bridgehead atoms. The number of rotatable bonds is 8. The Kier molecular flexibility index (Phi) is 7.40. The first-order valence-electron chi connectivity index (χ1n) is 9.19. The number of halogens is 2. The Morgan fingerprint density at radius 2 is 1.94 bits per heavy atom. The third-order valence-corrected chi connectivity index (χ3v) is 6.22. The van der Waals surface area contributed by atoms with Gasteiger partial charge < -0.3 is 15.2 Å². The Labute approximate surface area is 200 Å². The summed E-state index contributed by atoms with van der Waals surface area (Å²) in [7, 11) is 0. The quantitative estimate of drug-likeness (QED) is 0.180. The predicted octanol–water partition coefficient (Wildman–Crippen LogP) is 2.26. The van der Waals surface area contributed by atoms with Crippen LogP contribution >= 0.6 is 34.2 Å². The number of hydrogen-bond donors (Lipinski definition) is 2. The molecule has 0 aliphatic heterocycles. The van der Waals surface area contributed by atoms with E-state index in [9.17, 15) is 19.7 Å². The highest BCUT2D eigenvalue weighted by atomic mass is 127. The van der Waals surface area contributed by atoms with E-state index in [0.717, 1.165) is 21.0 Å². The average molecular weight is 574 g/mol. The number of amides is 2. The van der Waals surface area contributed by atoms with Crippen molar-refractivity contribution in [2.75, 3.05) is 13.1 Å². The molecule has 14 heteroatoms.